The number of rotatable bonds is 6. The van der Waals surface area contributed by atoms with E-state index in [0.717, 1.165) is 5.56 Å². The van der Waals surface area contributed by atoms with Crippen LogP contribution in [0.5, 0.6) is 0 Å². The molecular weight excluding hydrogens is 206 g/mol. The highest BCUT2D eigenvalue weighted by Crippen LogP contribution is 2.01. The number of carbonyl (C=O) groups excluding carboxylic acids is 1. The fourth-order valence-corrected chi connectivity index (χ4v) is 1.07. The van der Waals surface area contributed by atoms with Gasteiger partial charge >= 0.3 is 5.97 Å². The van der Waals surface area contributed by atoms with Crippen molar-refractivity contribution >= 4 is 5.97 Å². The third-order valence-corrected chi connectivity index (χ3v) is 1.83. The lowest BCUT2D eigenvalue weighted by molar-refractivity contribution is -0.139. The van der Waals surface area contributed by atoms with Crippen molar-refractivity contribution in [2.75, 3.05) is 13.2 Å². The van der Waals surface area contributed by atoms with E-state index in [0.29, 0.717) is 18.8 Å². The minimum absolute atomic E-state index is 0.174. The van der Waals surface area contributed by atoms with Crippen molar-refractivity contribution in [3.8, 4) is 0 Å². The van der Waals surface area contributed by atoms with Gasteiger partial charge < -0.3 is 9.47 Å². The highest BCUT2D eigenvalue weighted by Gasteiger charge is 2.07. The van der Waals surface area contributed by atoms with Gasteiger partial charge in [-0.1, -0.05) is 12.6 Å². The highest BCUT2D eigenvalue weighted by molar-refractivity contribution is 5.87. The van der Waals surface area contributed by atoms with Crippen molar-refractivity contribution in [2.24, 2.45) is 0 Å². The molecule has 1 aromatic rings. The van der Waals surface area contributed by atoms with Gasteiger partial charge in [0.05, 0.1) is 25.4 Å². The number of carbonyl (C=O) groups is 1. The number of hydrogen-bond acceptors (Lipinski definition) is 4. The first-order valence-electron chi connectivity index (χ1n) is 5.05. The van der Waals surface area contributed by atoms with Crippen LogP contribution >= 0.6 is 0 Å². The Morgan fingerprint density at radius 1 is 1.56 bits per heavy atom. The Morgan fingerprint density at radius 3 is 3.00 bits per heavy atom. The van der Waals surface area contributed by atoms with Crippen LogP contribution in [0.3, 0.4) is 0 Å². The first kappa shape index (κ1) is 12.4. The Kier molecular flexibility index (Phi) is 5.22. The van der Waals surface area contributed by atoms with Crippen molar-refractivity contribution in [3.05, 3.63) is 42.2 Å². The van der Waals surface area contributed by atoms with E-state index in [9.17, 15) is 4.79 Å². The van der Waals surface area contributed by atoms with Crippen LogP contribution in [0.25, 0.3) is 0 Å². The Bertz CT molecular complexity index is 349. The molecule has 0 amide bonds. The second-order valence-corrected chi connectivity index (χ2v) is 3.18. The molecule has 0 unspecified atom stereocenters. The van der Waals surface area contributed by atoms with E-state index in [4.69, 9.17) is 9.47 Å². The van der Waals surface area contributed by atoms with E-state index in [1.165, 1.54) is 0 Å². The number of ether oxygens (including phenoxy) is 2. The summed E-state index contributed by atoms with van der Waals surface area (Å²) >= 11 is 0. The van der Waals surface area contributed by atoms with Crippen LogP contribution in [0.15, 0.2) is 36.7 Å². The molecule has 0 saturated heterocycles. The molecule has 0 fully saturated rings. The highest BCUT2D eigenvalue weighted by atomic mass is 16.5. The zero-order valence-electron chi connectivity index (χ0n) is 9.31. The quantitative estimate of drug-likeness (QED) is 0.542. The summed E-state index contributed by atoms with van der Waals surface area (Å²) in [5.74, 6) is -0.409. The lowest BCUT2D eigenvalue weighted by Gasteiger charge is -2.06. The van der Waals surface area contributed by atoms with Crippen molar-refractivity contribution < 1.29 is 14.3 Å². The Labute approximate surface area is 94.9 Å². The SMILES string of the molecule is C=C(COCc1cccnc1)C(=O)OCC. The smallest absolute Gasteiger partial charge is 0.335 e. The summed E-state index contributed by atoms with van der Waals surface area (Å²) in [7, 11) is 0. The first-order chi connectivity index (χ1) is 7.74. The average molecular weight is 221 g/mol. The normalized spacial score (nSPS) is 9.81. The van der Waals surface area contributed by atoms with Crippen LogP contribution in [-0.2, 0) is 20.9 Å². The first-order valence-corrected chi connectivity index (χ1v) is 5.05. The molecule has 4 nitrogen and oxygen atoms in total. The molecule has 0 aliphatic carbocycles. The predicted octanol–water partition coefficient (Wildman–Crippen LogP) is 1.72. The summed E-state index contributed by atoms with van der Waals surface area (Å²) in [6.07, 6.45) is 3.41. The van der Waals surface area contributed by atoms with Crippen molar-refractivity contribution in [1.29, 1.82) is 0 Å². The summed E-state index contributed by atoms with van der Waals surface area (Å²) in [5, 5.41) is 0. The van der Waals surface area contributed by atoms with Gasteiger partial charge in [0.2, 0.25) is 0 Å². The van der Waals surface area contributed by atoms with E-state index in [1.54, 1.807) is 19.3 Å². The molecule has 0 atom stereocenters. The lowest BCUT2D eigenvalue weighted by Crippen LogP contribution is -2.11. The van der Waals surface area contributed by atoms with E-state index in [1.807, 2.05) is 12.1 Å². The molecule has 1 aromatic heterocycles. The molecule has 0 radical (unpaired) electrons. The largest absolute Gasteiger partial charge is 0.463 e. The van der Waals surface area contributed by atoms with Gasteiger partial charge in [-0.05, 0) is 18.6 Å². The van der Waals surface area contributed by atoms with Crippen LogP contribution in [0.1, 0.15) is 12.5 Å². The maximum absolute atomic E-state index is 11.2. The maximum Gasteiger partial charge on any atom is 0.335 e. The van der Waals surface area contributed by atoms with E-state index in [-0.39, 0.29) is 6.61 Å². The molecule has 0 N–H and O–H groups in total. The molecule has 86 valence electrons. The maximum atomic E-state index is 11.2. The zero-order chi connectivity index (χ0) is 11.8. The number of pyridine rings is 1. The minimum atomic E-state index is -0.409. The van der Waals surface area contributed by atoms with Crippen LogP contribution in [-0.4, -0.2) is 24.2 Å². The van der Waals surface area contributed by atoms with Crippen LogP contribution < -0.4 is 0 Å². The lowest BCUT2D eigenvalue weighted by atomic mass is 10.3. The topological polar surface area (TPSA) is 48.4 Å². The molecule has 0 bridgehead atoms. The third kappa shape index (κ3) is 4.23. The van der Waals surface area contributed by atoms with Gasteiger partial charge in [0.25, 0.3) is 0 Å². The van der Waals surface area contributed by atoms with Gasteiger partial charge in [-0.15, -0.1) is 0 Å². The Morgan fingerprint density at radius 2 is 2.38 bits per heavy atom. The predicted molar refractivity (Wildman–Crippen MR) is 59.7 cm³/mol. The van der Waals surface area contributed by atoms with Gasteiger partial charge in [-0.2, -0.15) is 0 Å². The molecule has 0 aliphatic rings. The average Bonchev–Trinajstić information content (AvgIpc) is 2.30. The molecule has 16 heavy (non-hydrogen) atoms. The number of esters is 1. The summed E-state index contributed by atoms with van der Waals surface area (Å²) in [4.78, 5) is 15.1. The van der Waals surface area contributed by atoms with Gasteiger partial charge in [0.15, 0.2) is 0 Å². The van der Waals surface area contributed by atoms with Crippen molar-refractivity contribution in [3.63, 3.8) is 0 Å². The second kappa shape index (κ2) is 6.74. The van der Waals surface area contributed by atoms with Crippen LogP contribution in [0.2, 0.25) is 0 Å². The summed E-state index contributed by atoms with van der Waals surface area (Å²) < 4.78 is 10.1. The van der Waals surface area contributed by atoms with Crippen LogP contribution in [0.4, 0.5) is 0 Å². The molecule has 1 heterocycles. The second-order valence-electron chi connectivity index (χ2n) is 3.18. The van der Waals surface area contributed by atoms with Crippen molar-refractivity contribution in [2.45, 2.75) is 13.5 Å². The molecule has 0 aliphatic heterocycles. The molecule has 1 rings (SSSR count). The fourth-order valence-electron chi connectivity index (χ4n) is 1.07. The monoisotopic (exact) mass is 221 g/mol. The molecule has 0 saturated carbocycles. The van der Waals surface area contributed by atoms with E-state index < -0.39 is 5.97 Å². The number of hydrogen-bond donors (Lipinski definition) is 0. The fraction of sp³-hybridized carbons (Fsp3) is 0.333. The van der Waals surface area contributed by atoms with Gasteiger partial charge in [0.1, 0.15) is 0 Å². The third-order valence-electron chi connectivity index (χ3n) is 1.83. The van der Waals surface area contributed by atoms with E-state index in [2.05, 4.69) is 11.6 Å². The number of nitrogens with zero attached hydrogens (tertiary/aromatic N) is 1. The Hall–Kier alpha value is -1.68. The molecule has 0 aromatic carbocycles. The van der Waals surface area contributed by atoms with Crippen molar-refractivity contribution in [1.82, 2.24) is 4.98 Å². The zero-order valence-corrected chi connectivity index (χ0v) is 9.31. The van der Waals surface area contributed by atoms with Crippen LogP contribution in [0, 0.1) is 0 Å². The van der Waals surface area contributed by atoms with Gasteiger partial charge in [-0.3, -0.25) is 4.98 Å². The standard InChI is InChI=1S/C12H15NO3/c1-3-16-12(14)10(2)8-15-9-11-5-4-6-13-7-11/h4-7H,2-3,8-9H2,1H3. The van der Waals surface area contributed by atoms with Gasteiger partial charge in [0, 0.05) is 12.4 Å². The Balaban J connectivity index is 2.26. The molecular formula is C12H15NO3. The summed E-state index contributed by atoms with van der Waals surface area (Å²) in [5.41, 5.74) is 1.28. The number of aromatic nitrogens is 1. The van der Waals surface area contributed by atoms with E-state index >= 15 is 0 Å². The summed E-state index contributed by atoms with van der Waals surface area (Å²) in [6.45, 7) is 6.27. The minimum Gasteiger partial charge on any atom is -0.463 e. The molecule has 4 heteroatoms. The van der Waals surface area contributed by atoms with Gasteiger partial charge in [-0.25, -0.2) is 4.79 Å². The molecule has 0 spiro atoms. The summed E-state index contributed by atoms with van der Waals surface area (Å²) in [6, 6.07) is 3.74.